The zero-order valence-corrected chi connectivity index (χ0v) is 16.4. The van der Waals surface area contributed by atoms with Crippen LogP contribution in [0.3, 0.4) is 0 Å². The Morgan fingerprint density at radius 2 is 1.52 bits per heavy atom. The Morgan fingerprint density at radius 1 is 0.889 bits per heavy atom. The minimum absolute atomic E-state index is 0.0716. The standard InChI is InChI=1S/C23H34O4/c1-3-4-12-15-21(24)16-13-10-8-6-5-7-9-11-14-17-22(25)20(2)18-19-23(26)27/h4-5,7-14,16-17,20-22,24-25H,3,6,15,18-19H2,1-2H3,(H,26,27)/b7-5+,10-8+,11-9+,12-4-,16-13-,17-14+/t20-,21-,22?/m0/s1. The number of aliphatic hydroxyl groups excluding tert-OH is 2. The molecule has 0 saturated heterocycles. The van der Waals surface area contributed by atoms with Crippen LogP contribution in [0.1, 0.15) is 46.0 Å². The van der Waals surface area contributed by atoms with Gasteiger partial charge in [-0.2, -0.15) is 0 Å². The largest absolute Gasteiger partial charge is 0.481 e. The zero-order valence-electron chi connectivity index (χ0n) is 16.4. The van der Waals surface area contributed by atoms with Crippen molar-refractivity contribution in [2.75, 3.05) is 0 Å². The Labute approximate surface area is 163 Å². The Morgan fingerprint density at radius 3 is 2.19 bits per heavy atom. The molecule has 0 radical (unpaired) electrons. The maximum atomic E-state index is 10.5. The van der Waals surface area contributed by atoms with Gasteiger partial charge in [-0.25, -0.2) is 0 Å². The molecular formula is C23H34O4. The average Bonchev–Trinajstić information content (AvgIpc) is 2.64. The molecule has 0 bridgehead atoms. The van der Waals surface area contributed by atoms with Gasteiger partial charge in [-0.1, -0.05) is 86.8 Å². The summed E-state index contributed by atoms with van der Waals surface area (Å²) in [7, 11) is 0. The Balaban J connectivity index is 3.98. The molecule has 3 atom stereocenters. The van der Waals surface area contributed by atoms with Crippen molar-refractivity contribution in [3.05, 3.63) is 72.9 Å². The molecule has 0 aliphatic heterocycles. The van der Waals surface area contributed by atoms with Crippen LogP contribution >= 0.6 is 0 Å². The van der Waals surface area contributed by atoms with Crippen molar-refractivity contribution in [2.24, 2.45) is 5.92 Å². The van der Waals surface area contributed by atoms with Crippen LogP contribution in [0.4, 0.5) is 0 Å². The van der Waals surface area contributed by atoms with E-state index in [1.165, 1.54) is 0 Å². The number of aliphatic hydroxyl groups is 2. The third-order valence-corrected chi connectivity index (χ3v) is 3.81. The van der Waals surface area contributed by atoms with Crippen LogP contribution in [0, 0.1) is 5.92 Å². The molecule has 0 spiro atoms. The summed E-state index contributed by atoms with van der Waals surface area (Å²) in [6.45, 7) is 3.90. The number of hydrogen-bond acceptors (Lipinski definition) is 3. The van der Waals surface area contributed by atoms with Crippen LogP contribution in [0.2, 0.25) is 0 Å². The summed E-state index contributed by atoms with van der Waals surface area (Å²) in [6.07, 6.45) is 24.5. The molecule has 0 aromatic rings. The first-order valence-corrected chi connectivity index (χ1v) is 9.53. The number of carboxylic acids is 1. The summed E-state index contributed by atoms with van der Waals surface area (Å²) < 4.78 is 0. The van der Waals surface area contributed by atoms with Crippen LogP contribution in [-0.4, -0.2) is 33.5 Å². The first-order chi connectivity index (χ1) is 13.0. The Hall–Kier alpha value is -2.17. The minimum Gasteiger partial charge on any atom is -0.481 e. The normalized spacial score (nSPS) is 16.6. The molecule has 0 amide bonds. The highest BCUT2D eigenvalue weighted by Gasteiger charge is 2.12. The van der Waals surface area contributed by atoms with Crippen molar-refractivity contribution in [3.8, 4) is 0 Å². The molecule has 0 fully saturated rings. The molecular weight excluding hydrogens is 340 g/mol. The van der Waals surface area contributed by atoms with Gasteiger partial charge in [0, 0.05) is 6.42 Å². The van der Waals surface area contributed by atoms with Crippen LogP contribution < -0.4 is 0 Å². The van der Waals surface area contributed by atoms with Gasteiger partial charge in [0.25, 0.3) is 0 Å². The summed E-state index contributed by atoms with van der Waals surface area (Å²) >= 11 is 0. The monoisotopic (exact) mass is 374 g/mol. The fraction of sp³-hybridized carbons (Fsp3) is 0.435. The highest BCUT2D eigenvalue weighted by Crippen LogP contribution is 2.11. The van der Waals surface area contributed by atoms with Crippen LogP contribution in [0.5, 0.6) is 0 Å². The molecule has 0 rings (SSSR count). The van der Waals surface area contributed by atoms with Crippen molar-refractivity contribution in [3.63, 3.8) is 0 Å². The molecule has 4 nitrogen and oxygen atoms in total. The SMILES string of the molecule is CC/C=C\C[C@H](O)/C=C\C=C\C/C=C/C=C/C=C/C(O)[C@@H](C)CCC(=O)O. The van der Waals surface area contributed by atoms with Gasteiger partial charge in [0.2, 0.25) is 0 Å². The Bertz CT molecular complexity index is 553. The fourth-order valence-corrected chi connectivity index (χ4v) is 2.08. The fourth-order valence-electron chi connectivity index (χ4n) is 2.08. The van der Waals surface area contributed by atoms with Gasteiger partial charge in [0.15, 0.2) is 0 Å². The summed E-state index contributed by atoms with van der Waals surface area (Å²) in [6, 6.07) is 0. The molecule has 0 aromatic carbocycles. The molecule has 4 heteroatoms. The highest BCUT2D eigenvalue weighted by molar-refractivity contribution is 5.66. The molecule has 3 N–H and O–H groups in total. The molecule has 0 aliphatic rings. The van der Waals surface area contributed by atoms with E-state index in [1.807, 2.05) is 61.6 Å². The van der Waals surface area contributed by atoms with E-state index in [9.17, 15) is 15.0 Å². The second-order valence-corrected chi connectivity index (χ2v) is 6.33. The second kappa shape index (κ2) is 17.3. The van der Waals surface area contributed by atoms with Gasteiger partial charge in [-0.05, 0) is 31.6 Å². The maximum Gasteiger partial charge on any atom is 0.303 e. The van der Waals surface area contributed by atoms with Crippen molar-refractivity contribution in [1.82, 2.24) is 0 Å². The quantitative estimate of drug-likeness (QED) is 0.303. The highest BCUT2D eigenvalue weighted by atomic mass is 16.4. The van der Waals surface area contributed by atoms with Gasteiger partial charge in [0.1, 0.15) is 0 Å². The first kappa shape index (κ1) is 24.8. The van der Waals surface area contributed by atoms with E-state index in [2.05, 4.69) is 6.92 Å². The lowest BCUT2D eigenvalue weighted by Gasteiger charge is -2.13. The zero-order chi connectivity index (χ0) is 20.3. The van der Waals surface area contributed by atoms with E-state index in [0.717, 1.165) is 12.8 Å². The predicted molar refractivity (Wildman–Crippen MR) is 112 cm³/mol. The maximum absolute atomic E-state index is 10.5. The van der Waals surface area contributed by atoms with Crippen LogP contribution in [0.25, 0.3) is 0 Å². The summed E-state index contributed by atoms with van der Waals surface area (Å²) in [5, 5.41) is 28.2. The van der Waals surface area contributed by atoms with Crippen LogP contribution in [0.15, 0.2) is 72.9 Å². The summed E-state index contributed by atoms with van der Waals surface area (Å²) in [5.74, 6) is -0.923. The second-order valence-electron chi connectivity index (χ2n) is 6.33. The Kier molecular flexibility index (Phi) is 15.9. The van der Waals surface area contributed by atoms with E-state index in [4.69, 9.17) is 5.11 Å². The van der Waals surface area contributed by atoms with Gasteiger partial charge < -0.3 is 15.3 Å². The molecule has 150 valence electrons. The van der Waals surface area contributed by atoms with Crippen molar-refractivity contribution < 1.29 is 20.1 Å². The van der Waals surface area contributed by atoms with E-state index in [-0.39, 0.29) is 12.3 Å². The average molecular weight is 375 g/mol. The van der Waals surface area contributed by atoms with E-state index in [1.54, 1.807) is 18.2 Å². The van der Waals surface area contributed by atoms with E-state index >= 15 is 0 Å². The number of rotatable bonds is 14. The lowest BCUT2D eigenvalue weighted by molar-refractivity contribution is -0.137. The number of carbonyl (C=O) groups is 1. The third-order valence-electron chi connectivity index (χ3n) is 3.81. The van der Waals surface area contributed by atoms with Gasteiger partial charge >= 0.3 is 5.97 Å². The molecule has 0 heterocycles. The van der Waals surface area contributed by atoms with E-state index in [0.29, 0.717) is 12.8 Å². The smallest absolute Gasteiger partial charge is 0.303 e. The number of hydrogen-bond donors (Lipinski definition) is 3. The van der Waals surface area contributed by atoms with E-state index < -0.39 is 18.2 Å². The van der Waals surface area contributed by atoms with Crippen molar-refractivity contribution in [2.45, 2.75) is 58.2 Å². The summed E-state index contributed by atoms with van der Waals surface area (Å²) in [4.78, 5) is 10.5. The lowest BCUT2D eigenvalue weighted by Crippen LogP contribution is -2.15. The molecule has 0 aromatic heterocycles. The van der Waals surface area contributed by atoms with Gasteiger partial charge in [0.05, 0.1) is 12.2 Å². The summed E-state index contributed by atoms with van der Waals surface area (Å²) in [5.41, 5.74) is 0. The lowest BCUT2D eigenvalue weighted by atomic mass is 9.98. The first-order valence-electron chi connectivity index (χ1n) is 9.53. The minimum atomic E-state index is -0.840. The molecule has 0 saturated carbocycles. The molecule has 0 aliphatic carbocycles. The molecule has 1 unspecified atom stereocenters. The number of allylic oxidation sites excluding steroid dienone is 9. The number of carboxylic acid groups (broad SMARTS) is 1. The van der Waals surface area contributed by atoms with Crippen molar-refractivity contribution >= 4 is 5.97 Å². The van der Waals surface area contributed by atoms with Crippen molar-refractivity contribution in [1.29, 1.82) is 0 Å². The molecule has 27 heavy (non-hydrogen) atoms. The van der Waals surface area contributed by atoms with Gasteiger partial charge in [-0.3, -0.25) is 4.79 Å². The number of aliphatic carboxylic acids is 1. The van der Waals surface area contributed by atoms with Gasteiger partial charge in [-0.15, -0.1) is 0 Å². The predicted octanol–water partition coefficient (Wildman–Crippen LogP) is 4.74. The van der Waals surface area contributed by atoms with Crippen LogP contribution in [-0.2, 0) is 4.79 Å². The third kappa shape index (κ3) is 17.0. The topological polar surface area (TPSA) is 77.8 Å².